The van der Waals surface area contributed by atoms with E-state index in [1.54, 1.807) is 0 Å². The number of halogens is 1. The number of hydrogen-bond donors (Lipinski definition) is 7. The Morgan fingerprint density at radius 3 is 2.49 bits per heavy atom. The lowest BCUT2D eigenvalue weighted by Gasteiger charge is -2.30. The summed E-state index contributed by atoms with van der Waals surface area (Å²) in [5, 5.41) is 63.0. The number of aliphatic hydroxyl groups is 6. The molecule has 5 unspecified atom stereocenters. The average molecular weight is 756 g/mol. The highest BCUT2D eigenvalue weighted by Gasteiger charge is 2.46. The number of ether oxygens (including phenoxy) is 2. The van der Waals surface area contributed by atoms with E-state index in [1.807, 2.05) is 42.7 Å². The molecule has 0 aliphatic heterocycles. The van der Waals surface area contributed by atoms with E-state index in [9.17, 15) is 25.2 Å². The molecule has 53 heavy (non-hydrogen) atoms. The number of nitrogens with one attached hydrogen (secondary N) is 1. The number of pyridine rings is 1. The molecule has 290 valence electrons. The van der Waals surface area contributed by atoms with Gasteiger partial charge in [0, 0.05) is 48.2 Å². The minimum Gasteiger partial charge on any atom is -0.490 e. The molecule has 0 radical (unpaired) electrons. The summed E-state index contributed by atoms with van der Waals surface area (Å²) in [6.07, 6.45) is 2.76. The van der Waals surface area contributed by atoms with Crippen LogP contribution in [0.1, 0.15) is 74.5 Å². The smallest absolute Gasteiger partial charge is 0.254 e. The summed E-state index contributed by atoms with van der Waals surface area (Å²) in [6.45, 7) is 2.22. The fourth-order valence-corrected chi connectivity index (χ4v) is 6.77. The number of unbranched alkanes of at least 4 members (excludes halogenated alkanes) is 1. The Bertz CT molecular complexity index is 1620. The maximum Gasteiger partial charge on any atom is 0.254 e. The number of carbonyl (C=O) groups excluding carboxylic acids is 1. The monoisotopic (exact) mass is 755 g/mol. The molecule has 5 atom stereocenters. The Hall–Kier alpha value is -3.17. The normalized spacial score (nSPS) is 17.8. The molecule has 0 spiro atoms. The first-order valence-electron chi connectivity index (χ1n) is 18.6. The zero-order valence-corrected chi connectivity index (χ0v) is 31.1. The van der Waals surface area contributed by atoms with Gasteiger partial charge in [0.2, 0.25) is 0 Å². The van der Waals surface area contributed by atoms with Crippen molar-refractivity contribution in [2.24, 2.45) is 0 Å². The standard InChI is InChI=1S/C40H54ClN3O9/c1-26(6-4-5-17-44(18-20-52-21-19-45)39(51)38(50)37(49)36(48)34(47)25-46)27-9-12-33(41)28(22-27)23-43-40(14-15-40)32-24-42-16-13-30(32)31-7-2-3-8-35(31)53-29-10-11-29/h2-3,7-9,12-13,16,22,24,26,29,34,36-38,43,45-50H,4-6,10-11,14-15,17-21,23,25H2,1H3. The molecule has 13 heteroatoms. The first kappa shape index (κ1) is 41.0. The van der Waals surface area contributed by atoms with E-state index in [4.69, 9.17) is 31.3 Å². The maximum atomic E-state index is 13.1. The molecule has 0 saturated heterocycles. The van der Waals surface area contributed by atoms with Crippen LogP contribution in [-0.4, -0.2) is 116 Å². The number of rotatable bonds is 23. The Kier molecular flexibility index (Phi) is 15.0. The van der Waals surface area contributed by atoms with Crippen molar-refractivity contribution in [2.75, 3.05) is 39.5 Å². The van der Waals surface area contributed by atoms with Gasteiger partial charge in [-0.1, -0.05) is 55.3 Å². The molecule has 7 N–H and O–H groups in total. The van der Waals surface area contributed by atoms with Crippen molar-refractivity contribution in [3.8, 4) is 16.9 Å². The SMILES string of the molecule is CC(CCCCN(CCOCCO)C(=O)C(O)C(O)C(O)C(O)CO)c1ccc(Cl)c(CNC2(c3cnccc3-c3ccccc3OC3CC3)CC2)c1. The third-order valence-electron chi connectivity index (χ3n) is 10.2. The van der Waals surface area contributed by atoms with Gasteiger partial charge in [0.05, 0.1) is 32.5 Å². The number of aromatic nitrogens is 1. The van der Waals surface area contributed by atoms with Crippen LogP contribution in [0.15, 0.2) is 60.9 Å². The van der Waals surface area contributed by atoms with Crippen molar-refractivity contribution < 1.29 is 44.9 Å². The van der Waals surface area contributed by atoms with E-state index in [2.05, 4.69) is 35.4 Å². The van der Waals surface area contributed by atoms with Crippen molar-refractivity contribution >= 4 is 17.5 Å². The van der Waals surface area contributed by atoms with E-state index in [0.29, 0.717) is 24.1 Å². The second-order valence-electron chi connectivity index (χ2n) is 14.3. The van der Waals surface area contributed by atoms with Crippen molar-refractivity contribution in [2.45, 2.75) is 100 Å². The van der Waals surface area contributed by atoms with Gasteiger partial charge in [-0.15, -0.1) is 0 Å². The predicted octanol–water partition coefficient (Wildman–Crippen LogP) is 3.27. The molecule has 2 saturated carbocycles. The summed E-state index contributed by atoms with van der Waals surface area (Å²) in [7, 11) is 0. The Balaban J connectivity index is 1.18. The van der Waals surface area contributed by atoms with Crippen LogP contribution >= 0.6 is 11.6 Å². The number of amides is 1. The van der Waals surface area contributed by atoms with Gasteiger partial charge in [-0.05, 0) is 84.9 Å². The lowest BCUT2D eigenvalue weighted by Crippen LogP contribution is -2.53. The summed E-state index contributed by atoms with van der Waals surface area (Å²) < 4.78 is 11.6. The molecule has 12 nitrogen and oxygen atoms in total. The molecule has 1 aromatic heterocycles. The van der Waals surface area contributed by atoms with Crippen molar-refractivity contribution in [1.29, 1.82) is 0 Å². The van der Waals surface area contributed by atoms with E-state index in [-0.39, 0.29) is 44.4 Å². The number of benzene rings is 2. The molecule has 2 fully saturated rings. The molecule has 1 heterocycles. The zero-order valence-electron chi connectivity index (χ0n) is 30.3. The molecule has 1 amide bonds. The number of aliphatic hydroxyl groups excluding tert-OH is 6. The number of carbonyl (C=O) groups is 1. The molecular weight excluding hydrogens is 702 g/mol. The second kappa shape index (κ2) is 19.4. The minimum atomic E-state index is -2.01. The van der Waals surface area contributed by atoms with Crippen LogP contribution in [0.3, 0.4) is 0 Å². The van der Waals surface area contributed by atoms with E-state index >= 15 is 0 Å². The fraction of sp³-hybridized carbons (Fsp3) is 0.550. The van der Waals surface area contributed by atoms with Gasteiger partial charge in [0.1, 0.15) is 24.1 Å². The lowest BCUT2D eigenvalue weighted by molar-refractivity contribution is -0.159. The predicted molar refractivity (Wildman–Crippen MR) is 200 cm³/mol. The van der Waals surface area contributed by atoms with Crippen LogP contribution in [0.2, 0.25) is 5.02 Å². The number of hydrogen-bond acceptors (Lipinski definition) is 11. The van der Waals surface area contributed by atoms with Gasteiger partial charge in [0.15, 0.2) is 6.10 Å². The summed E-state index contributed by atoms with van der Waals surface area (Å²) in [5.41, 5.74) is 5.29. The summed E-state index contributed by atoms with van der Waals surface area (Å²) >= 11 is 6.73. The maximum absolute atomic E-state index is 13.1. The molecule has 5 rings (SSSR count). The van der Waals surface area contributed by atoms with Crippen LogP contribution in [0.4, 0.5) is 0 Å². The number of nitrogens with zero attached hydrogens (tertiary/aromatic N) is 2. The van der Waals surface area contributed by atoms with Gasteiger partial charge >= 0.3 is 0 Å². The van der Waals surface area contributed by atoms with Crippen molar-refractivity contribution in [3.05, 3.63) is 82.6 Å². The summed E-state index contributed by atoms with van der Waals surface area (Å²) in [6, 6.07) is 16.4. The molecule has 2 aliphatic rings. The van der Waals surface area contributed by atoms with E-state index in [0.717, 1.165) is 72.1 Å². The first-order valence-corrected chi connectivity index (χ1v) is 19.0. The van der Waals surface area contributed by atoms with Crippen LogP contribution in [0, 0.1) is 0 Å². The van der Waals surface area contributed by atoms with E-state index in [1.165, 1.54) is 4.90 Å². The van der Waals surface area contributed by atoms with Gasteiger partial charge in [-0.25, -0.2) is 0 Å². The third kappa shape index (κ3) is 11.0. The van der Waals surface area contributed by atoms with E-state index < -0.39 is 36.9 Å². The highest BCUT2D eigenvalue weighted by Crippen LogP contribution is 2.50. The Labute approximate surface area is 316 Å². The molecular formula is C40H54ClN3O9. The second-order valence-corrected chi connectivity index (χ2v) is 14.7. The van der Waals surface area contributed by atoms with Crippen LogP contribution in [0.25, 0.3) is 11.1 Å². The molecule has 2 aromatic carbocycles. The molecule has 2 aliphatic carbocycles. The quantitative estimate of drug-likeness (QED) is 0.0705. The topological polar surface area (TPSA) is 185 Å². The fourth-order valence-electron chi connectivity index (χ4n) is 6.58. The zero-order chi connectivity index (χ0) is 38.0. The van der Waals surface area contributed by atoms with Gasteiger partial charge < -0.3 is 50.3 Å². The van der Waals surface area contributed by atoms with Crippen LogP contribution in [0.5, 0.6) is 5.75 Å². The Morgan fingerprint density at radius 2 is 1.77 bits per heavy atom. The van der Waals surface area contributed by atoms with Gasteiger partial charge in [0.25, 0.3) is 5.91 Å². The van der Waals surface area contributed by atoms with Crippen LogP contribution in [-0.2, 0) is 21.6 Å². The van der Waals surface area contributed by atoms with Crippen LogP contribution < -0.4 is 10.1 Å². The number of para-hydroxylation sites is 1. The minimum absolute atomic E-state index is 0.0838. The molecule has 0 bridgehead atoms. The molecule has 3 aromatic rings. The Morgan fingerprint density at radius 1 is 1.00 bits per heavy atom. The highest BCUT2D eigenvalue weighted by molar-refractivity contribution is 6.31. The van der Waals surface area contributed by atoms with Crippen molar-refractivity contribution in [1.82, 2.24) is 15.2 Å². The van der Waals surface area contributed by atoms with Gasteiger partial charge in [-0.3, -0.25) is 9.78 Å². The first-order chi connectivity index (χ1) is 25.6. The van der Waals surface area contributed by atoms with Crippen molar-refractivity contribution in [3.63, 3.8) is 0 Å². The summed E-state index contributed by atoms with van der Waals surface area (Å²) in [4.78, 5) is 18.9. The third-order valence-corrected chi connectivity index (χ3v) is 10.6. The average Bonchev–Trinajstić information content (AvgIpc) is 4.13. The summed E-state index contributed by atoms with van der Waals surface area (Å²) in [5.74, 6) is 0.258. The highest BCUT2D eigenvalue weighted by atomic mass is 35.5. The lowest BCUT2D eigenvalue weighted by atomic mass is 9.93. The van der Waals surface area contributed by atoms with Gasteiger partial charge in [-0.2, -0.15) is 0 Å². The largest absolute Gasteiger partial charge is 0.490 e.